The maximum atomic E-state index is 11.5. The predicted octanol–water partition coefficient (Wildman–Crippen LogP) is 2.64. The minimum absolute atomic E-state index is 0.0604. The molecule has 0 fully saturated rings. The molecule has 0 spiro atoms. The zero-order chi connectivity index (χ0) is 14.0. The van der Waals surface area contributed by atoms with E-state index in [0.29, 0.717) is 10.7 Å². The Morgan fingerprint density at radius 3 is 2.68 bits per heavy atom. The molecule has 7 heteroatoms. The third-order valence-corrected chi connectivity index (χ3v) is 4.17. The average molecular weight is 300 g/mol. The van der Waals surface area contributed by atoms with Gasteiger partial charge in [0.2, 0.25) is 0 Å². The number of hydrogen-bond donors (Lipinski definition) is 2. The Kier molecular flexibility index (Phi) is 3.82. The number of hydrogen-bond acceptors (Lipinski definition) is 4. The van der Waals surface area contributed by atoms with E-state index in [4.69, 9.17) is 11.6 Å². The normalized spacial score (nSPS) is 13.2. The van der Waals surface area contributed by atoms with Gasteiger partial charge in [-0.05, 0) is 31.2 Å². The molecule has 0 bridgehead atoms. The third-order valence-electron chi connectivity index (χ3n) is 2.73. The van der Waals surface area contributed by atoms with Gasteiger partial charge in [-0.1, -0.05) is 11.6 Å². The first kappa shape index (κ1) is 13.9. The summed E-state index contributed by atoms with van der Waals surface area (Å²) in [6, 6.07) is 6.37. The minimum atomic E-state index is -3.25. The van der Waals surface area contributed by atoms with Gasteiger partial charge >= 0.3 is 0 Å². The number of aromatic amines is 1. The molecule has 0 radical (unpaired) electrons. The number of nitrogens with one attached hydrogen (secondary N) is 2. The van der Waals surface area contributed by atoms with E-state index >= 15 is 0 Å². The standard InChI is InChI=1S/C12H14ClN3O2S/c1-8(11-5-6-14-16-11)15-12-7-9(19(2,17)18)3-4-10(12)13/h3-8,15H,1-2H3,(H,14,16). The first-order chi connectivity index (χ1) is 8.88. The van der Waals surface area contributed by atoms with E-state index in [-0.39, 0.29) is 10.9 Å². The fraction of sp³-hybridized carbons (Fsp3) is 0.250. The summed E-state index contributed by atoms with van der Waals surface area (Å²) in [6.45, 7) is 1.93. The molecule has 1 aromatic carbocycles. The number of H-pyrrole nitrogens is 1. The predicted molar refractivity (Wildman–Crippen MR) is 75.2 cm³/mol. The molecule has 1 unspecified atom stereocenters. The van der Waals surface area contributed by atoms with Gasteiger partial charge in [0.1, 0.15) is 0 Å². The summed E-state index contributed by atoms with van der Waals surface area (Å²) >= 11 is 6.07. The molecule has 19 heavy (non-hydrogen) atoms. The lowest BCUT2D eigenvalue weighted by atomic mass is 10.2. The number of halogens is 1. The SMILES string of the molecule is CC(Nc1cc(S(C)(=O)=O)ccc1Cl)c1ccn[nH]1. The summed E-state index contributed by atoms with van der Waals surface area (Å²) in [5.74, 6) is 0. The average Bonchev–Trinajstić information content (AvgIpc) is 2.84. The summed E-state index contributed by atoms with van der Waals surface area (Å²) in [6.07, 6.45) is 2.82. The topological polar surface area (TPSA) is 74.8 Å². The van der Waals surface area contributed by atoms with E-state index in [1.807, 2.05) is 13.0 Å². The molecule has 2 N–H and O–H groups in total. The van der Waals surface area contributed by atoms with Crippen molar-refractivity contribution < 1.29 is 8.42 Å². The molecule has 0 aliphatic heterocycles. The number of anilines is 1. The van der Waals surface area contributed by atoms with E-state index < -0.39 is 9.84 Å². The molecule has 2 aromatic rings. The zero-order valence-corrected chi connectivity index (χ0v) is 12.1. The molecule has 0 aliphatic rings. The van der Waals surface area contributed by atoms with E-state index in [1.54, 1.807) is 12.3 Å². The highest BCUT2D eigenvalue weighted by Crippen LogP contribution is 2.28. The Labute approximate surface area is 116 Å². The van der Waals surface area contributed by atoms with Crippen LogP contribution in [0.25, 0.3) is 0 Å². The van der Waals surface area contributed by atoms with Gasteiger partial charge in [-0.3, -0.25) is 5.10 Å². The van der Waals surface area contributed by atoms with Gasteiger partial charge in [0, 0.05) is 12.5 Å². The molecule has 5 nitrogen and oxygen atoms in total. The highest BCUT2D eigenvalue weighted by Gasteiger charge is 2.13. The van der Waals surface area contributed by atoms with Gasteiger partial charge in [-0.25, -0.2) is 8.42 Å². The van der Waals surface area contributed by atoms with Crippen LogP contribution in [0.1, 0.15) is 18.7 Å². The summed E-state index contributed by atoms with van der Waals surface area (Å²) < 4.78 is 23.0. The zero-order valence-electron chi connectivity index (χ0n) is 10.5. The maximum Gasteiger partial charge on any atom is 0.175 e. The van der Waals surface area contributed by atoms with Crippen molar-refractivity contribution in [3.63, 3.8) is 0 Å². The van der Waals surface area contributed by atoms with Crippen molar-refractivity contribution in [3.8, 4) is 0 Å². The Bertz CT molecular complexity index is 668. The summed E-state index contributed by atoms with van der Waals surface area (Å²) in [4.78, 5) is 0.233. The van der Waals surface area contributed by atoms with Gasteiger partial charge in [-0.2, -0.15) is 5.10 Å². The summed E-state index contributed by atoms with van der Waals surface area (Å²) in [5.41, 5.74) is 1.47. The van der Waals surface area contributed by atoms with Crippen LogP contribution in [0.15, 0.2) is 35.4 Å². The first-order valence-electron chi connectivity index (χ1n) is 5.63. The highest BCUT2D eigenvalue weighted by molar-refractivity contribution is 7.90. The highest BCUT2D eigenvalue weighted by atomic mass is 35.5. The van der Waals surface area contributed by atoms with Gasteiger partial charge in [0.15, 0.2) is 9.84 Å². The lowest BCUT2D eigenvalue weighted by Gasteiger charge is -2.15. The van der Waals surface area contributed by atoms with Crippen LogP contribution >= 0.6 is 11.6 Å². The number of rotatable bonds is 4. The van der Waals surface area contributed by atoms with Crippen molar-refractivity contribution in [2.24, 2.45) is 0 Å². The molecule has 0 saturated carbocycles. The number of benzene rings is 1. The van der Waals surface area contributed by atoms with Crippen LogP contribution in [0.2, 0.25) is 5.02 Å². The number of aromatic nitrogens is 2. The molecule has 1 aromatic heterocycles. The molecule has 0 saturated heterocycles. The smallest absolute Gasteiger partial charge is 0.175 e. The van der Waals surface area contributed by atoms with Crippen LogP contribution in [0.4, 0.5) is 5.69 Å². The van der Waals surface area contributed by atoms with Crippen LogP contribution in [0.3, 0.4) is 0 Å². The fourth-order valence-electron chi connectivity index (χ4n) is 1.66. The van der Waals surface area contributed by atoms with Crippen molar-refractivity contribution in [3.05, 3.63) is 41.2 Å². The van der Waals surface area contributed by atoms with Crippen molar-refractivity contribution in [2.45, 2.75) is 17.9 Å². The summed E-state index contributed by atoms with van der Waals surface area (Å²) in [5, 5.41) is 10.3. The quantitative estimate of drug-likeness (QED) is 0.910. The van der Waals surface area contributed by atoms with Gasteiger partial charge in [-0.15, -0.1) is 0 Å². The lowest BCUT2D eigenvalue weighted by Crippen LogP contribution is -2.08. The Morgan fingerprint density at radius 1 is 1.37 bits per heavy atom. The molecule has 102 valence electrons. The van der Waals surface area contributed by atoms with Gasteiger partial charge in [0.25, 0.3) is 0 Å². The Hall–Kier alpha value is -1.53. The van der Waals surface area contributed by atoms with Crippen molar-refractivity contribution in [2.75, 3.05) is 11.6 Å². The third kappa shape index (κ3) is 3.27. The minimum Gasteiger partial charge on any atom is -0.376 e. The van der Waals surface area contributed by atoms with E-state index in [0.717, 1.165) is 5.69 Å². The van der Waals surface area contributed by atoms with Crippen LogP contribution < -0.4 is 5.32 Å². The molecular weight excluding hydrogens is 286 g/mol. The second-order valence-corrected chi connectivity index (χ2v) is 6.71. The molecule has 1 atom stereocenters. The number of nitrogens with zero attached hydrogens (tertiary/aromatic N) is 1. The lowest BCUT2D eigenvalue weighted by molar-refractivity contribution is 0.602. The largest absolute Gasteiger partial charge is 0.376 e. The fourth-order valence-corrected chi connectivity index (χ4v) is 2.48. The van der Waals surface area contributed by atoms with E-state index in [1.165, 1.54) is 18.4 Å². The van der Waals surface area contributed by atoms with Crippen LogP contribution in [-0.4, -0.2) is 24.9 Å². The van der Waals surface area contributed by atoms with Crippen molar-refractivity contribution in [1.29, 1.82) is 0 Å². The first-order valence-corrected chi connectivity index (χ1v) is 7.90. The molecular formula is C12H14ClN3O2S. The van der Waals surface area contributed by atoms with Crippen LogP contribution in [0.5, 0.6) is 0 Å². The second kappa shape index (κ2) is 5.22. The molecule has 2 rings (SSSR count). The second-order valence-electron chi connectivity index (χ2n) is 4.29. The van der Waals surface area contributed by atoms with Crippen molar-refractivity contribution >= 4 is 27.1 Å². The molecule has 0 amide bonds. The number of sulfone groups is 1. The van der Waals surface area contributed by atoms with Crippen LogP contribution in [0, 0.1) is 0 Å². The maximum absolute atomic E-state index is 11.5. The van der Waals surface area contributed by atoms with E-state index in [9.17, 15) is 8.42 Å². The summed E-state index contributed by atoms with van der Waals surface area (Å²) in [7, 11) is -3.25. The van der Waals surface area contributed by atoms with Crippen molar-refractivity contribution in [1.82, 2.24) is 10.2 Å². The van der Waals surface area contributed by atoms with Gasteiger partial charge < -0.3 is 5.32 Å². The van der Waals surface area contributed by atoms with E-state index in [2.05, 4.69) is 15.5 Å². The van der Waals surface area contributed by atoms with Gasteiger partial charge in [0.05, 0.1) is 27.3 Å². The molecule has 1 heterocycles. The Balaban J connectivity index is 2.30. The monoisotopic (exact) mass is 299 g/mol. The molecule has 0 aliphatic carbocycles. The Morgan fingerprint density at radius 2 is 2.11 bits per heavy atom. The van der Waals surface area contributed by atoms with Crippen LogP contribution in [-0.2, 0) is 9.84 Å².